The van der Waals surface area contributed by atoms with Gasteiger partial charge in [0.1, 0.15) is 12.1 Å². The van der Waals surface area contributed by atoms with Crippen molar-refractivity contribution in [3.8, 4) is 0 Å². The van der Waals surface area contributed by atoms with Crippen LogP contribution in [0.5, 0.6) is 0 Å². The molecule has 2 aliphatic rings. The molecule has 1 aliphatic heterocycles. The van der Waals surface area contributed by atoms with Gasteiger partial charge in [-0.15, -0.1) is 0 Å². The van der Waals surface area contributed by atoms with Crippen LogP contribution in [0.3, 0.4) is 0 Å². The van der Waals surface area contributed by atoms with Crippen LogP contribution in [0.1, 0.15) is 32.1 Å². The van der Waals surface area contributed by atoms with Gasteiger partial charge in [-0.1, -0.05) is 24.4 Å². The summed E-state index contributed by atoms with van der Waals surface area (Å²) in [6.07, 6.45) is 8.36. The zero-order valence-corrected chi connectivity index (χ0v) is 13.4. The lowest BCUT2D eigenvalue weighted by molar-refractivity contribution is 0.245. The van der Waals surface area contributed by atoms with E-state index in [4.69, 9.17) is 11.6 Å². The van der Waals surface area contributed by atoms with Crippen molar-refractivity contribution < 1.29 is 0 Å². The van der Waals surface area contributed by atoms with Gasteiger partial charge in [0.15, 0.2) is 0 Å². The van der Waals surface area contributed by atoms with Crippen LogP contribution < -0.4 is 5.32 Å². The third kappa shape index (κ3) is 2.77. The van der Waals surface area contributed by atoms with E-state index in [-0.39, 0.29) is 0 Å². The fraction of sp³-hybridized carbons (Fsp3) is 0.529. The summed E-state index contributed by atoms with van der Waals surface area (Å²) < 4.78 is 0. The van der Waals surface area contributed by atoms with E-state index in [1.54, 1.807) is 6.33 Å². The Hall–Kier alpha value is -1.39. The Labute approximate surface area is 135 Å². The number of hydrogen-bond donors (Lipinski definition) is 1. The number of nitrogens with zero attached hydrogens (tertiary/aromatic N) is 3. The second-order valence-corrected chi connectivity index (χ2v) is 6.88. The highest BCUT2D eigenvalue weighted by atomic mass is 35.5. The molecule has 5 heteroatoms. The third-order valence-corrected chi connectivity index (χ3v) is 5.24. The fourth-order valence-electron chi connectivity index (χ4n) is 3.84. The highest BCUT2D eigenvalue weighted by Gasteiger charge is 2.30. The number of halogens is 1. The first-order valence-corrected chi connectivity index (χ1v) is 8.58. The monoisotopic (exact) mass is 316 g/mol. The van der Waals surface area contributed by atoms with Gasteiger partial charge in [0, 0.05) is 35.6 Å². The zero-order valence-electron chi connectivity index (χ0n) is 12.6. The number of hydrogen-bond acceptors (Lipinski definition) is 4. The van der Waals surface area contributed by atoms with Crippen molar-refractivity contribution in [2.24, 2.45) is 0 Å². The summed E-state index contributed by atoms with van der Waals surface area (Å²) in [6.45, 7) is 2.33. The first kappa shape index (κ1) is 14.2. The molecule has 0 radical (unpaired) electrons. The second-order valence-electron chi connectivity index (χ2n) is 6.45. The number of rotatable bonds is 3. The Morgan fingerprint density at radius 1 is 1.14 bits per heavy atom. The molecule has 4 nitrogen and oxygen atoms in total. The van der Waals surface area contributed by atoms with Crippen molar-refractivity contribution in [1.29, 1.82) is 0 Å². The maximum Gasteiger partial charge on any atom is 0.137 e. The van der Waals surface area contributed by atoms with Gasteiger partial charge in [-0.25, -0.2) is 9.97 Å². The highest BCUT2D eigenvalue weighted by Crippen LogP contribution is 2.28. The summed E-state index contributed by atoms with van der Waals surface area (Å²) in [6, 6.07) is 7.09. The summed E-state index contributed by atoms with van der Waals surface area (Å²) in [4.78, 5) is 11.4. The molecule has 1 saturated heterocycles. The number of likely N-dealkylation sites (tertiary alicyclic amines) is 1. The maximum absolute atomic E-state index is 6.05. The van der Waals surface area contributed by atoms with Crippen molar-refractivity contribution in [1.82, 2.24) is 14.9 Å². The molecule has 1 N–H and O–H groups in total. The molecule has 1 aromatic carbocycles. The Balaban J connectivity index is 1.49. The SMILES string of the molecule is Clc1ccc2c(NC3CCN(C4CCCC4)C3)ncnc2c1. The summed E-state index contributed by atoms with van der Waals surface area (Å²) in [5.74, 6) is 0.930. The van der Waals surface area contributed by atoms with E-state index in [1.807, 2.05) is 18.2 Å². The maximum atomic E-state index is 6.05. The van der Waals surface area contributed by atoms with Gasteiger partial charge in [-0.2, -0.15) is 0 Å². The Morgan fingerprint density at radius 2 is 2.00 bits per heavy atom. The Morgan fingerprint density at radius 3 is 2.86 bits per heavy atom. The minimum absolute atomic E-state index is 0.481. The lowest BCUT2D eigenvalue weighted by atomic mass is 10.2. The van der Waals surface area contributed by atoms with E-state index in [0.29, 0.717) is 11.1 Å². The number of benzene rings is 1. The van der Waals surface area contributed by atoms with Gasteiger partial charge >= 0.3 is 0 Å². The van der Waals surface area contributed by atoms with Crippen molar-refractivity contribution in [3.05, 3.63) is 29.5 Å². The molecule has 22 heavy (non-hydrogen) atoms. The van der Waals surface area contributed by atoms with Crippen LogP contribution in [-0.4, -0.2) is 40.0 Å². The second kappa shape index (κ2) is 6.01. The highest BCUT2D eigenvalue weighted by molar-refractivity contribution is 6.31. The molecule has 2 heterocycles. The standard InChI is InChI=1S/C17H21ClN4/c18-12-5-6-15-16(9-12)19-11-20-17(15)21-13-7-8-22(10-13)14-3-1-2-4-14/h5-6,9,11,13-14H,1-4,7-8,10H2,(H,19,20,21). The minimum atomic E-state index is 0.481. The van der Waals surface area contributed by atoms with Gasteiger partial charge in [-0.3, -0.25) is 4.90 Å². The predicted molar refractivity (Wildman–Crippen MR) is 90.4 cm³/mol. The molecule has 116 valence electrons. The van der Waals surface area contributed by atoms with Gasteiger partial charge in [0.2, 0.25) is 0 Å². The van der Waals surface area contributed by atoms with E-state index in [9.17, 15) is 0 Å². The third-order valence-electron chi connectivity index (χ3n) is 5.00. The van der Waals surface area contributed by atoms with Crippen molar-refractivity contribution in [3.63, 3.8) is 0 Å². The first-order chi connectivity index (χ1) is 10.8. The minimum Gasteiger partial charge on any atom is -0.365 e. The molecule has 1 aliphatic carbocycles. The summed E-state index contributed by atoms with van der Waals surface area (Å²) in [5.41, 5.74) is 0.899. The Kier molecular flexibility index (Phi) is 3.89. The topological polar surface area (TPSA) is 41.0 Å². The van der Waals surface area contributed by atoms with E-state index in [0.717, 1.165) is 29.3 Å². The molecule has 1 unspecified atom stereocenters. The number of nitrogens with one attached hydrogen (secondary N) is 1. The van der Waals surface area contributed by atoms with Crippen LogP contribution in [0.4, 0.5) is 5.82 Å². The molecular formula is C17H21ClN4. The van der Waals surface area contributed by atoms with Crippen molar-refractivity contribution in [2.45, 2.75) is 44.2 Å². The average molecular weight is 317 g/mol. The van der Waals surface area contributed by atoms with Crippen LogP contribution in [0.25, 0.3) is 10.9 Å². The number of fused-ring (bicyclic) bond motifs is 1. The molecule has 2 fully saturated rings. The molecule has 0 spiro atoms. The van der Waals surface area contributed by atoms with Gasteiger partial charge in [0.05, 0.1) is 5.52 Å². The van der Waals surface area contributed by atoms with Gasteiger partial charge in [-0.05, 0) is 37.5 Å². The van der Waals surface area contributed by atoms with Crippen LogP contribution in [0.15, 0.2) is 24.5 Å². The van der Waals surface area contributed by atoms with Crippen LogP contribution in [0.2, 0.25) is 5.02 Å². The normalized spacial score (nSPS) is 23.4. The van der Waals surface area contributed by atoms with E-state index < -0.39 is 0 Å². The summed E-state index contributed by atoms with van der Waals surface area (Å²) in [7, 11) is 0. The molecule has 1 aromatic heterocycles. The molecule has 1 atom stereocenters. The van der Waals surface area contributed by atoms with Crippen molar-refractivity contribution >= 4 is 28.3 Å². The van der Waals surface area contributed by atoms with Crippen LogP contribution in [-0.2, 0) is 0 Å². The van der Waals surface area contributed by atoms with E-state index in [2.05, 4.69) is 20.2 Å². The van der Waals surface area contributed by atoms with Gasteiger partial charge in [0.25, 0.3) is 0 Å². The molecule has 0 amide bonds. The summed E-state index contributed by atoms with van der Waals surface area (Å²) in [5, 5.41) is 5.38. The number of anilines is 1. The van der Waals surface area contributed by atoms with E-state index >= 15 is 0 Å². The Bertz CT molecular complexity index is 669. The molecule has 1 saturated carbocycles. The fourth-order valence-corrected chi connectivity index (χ4v) is 4.01. The van der Waals surface area contributed by atoms with Crippen LogP contribution in [0, 0.1) is 0 Å². The van der Waals surface area contributed by atoms with Crippen molar-refractivity contribution in [2.75, 3.05) is 18.4 Å². The molecule has 0 bridgehead atoms. The lowest BCUT2D eigenvalue weighted by Crippen LogP contribution is -2.33. The quantitative estimate of drug-likeness (QED) is 0.937. The van der Waals surface area contributed by atoms with E-state index in [1.165, 1.54) is 38.6 Å². The first-order valence-electron chi connectivity index (χ1n) is 8.20. The average Bonchev–Trinajstić information content (AvgIpc) is 3.18. The lowest BCUT2D eigenvalue weighted by Gasteiger charge is -2.23. The zero-order chi connectivity index (χ0) is 14.9. The largest absolute Gasteiger partial charge is 0.365 e. The predicted octanol–water partition coefficient (Wildman–Crippen LogP) is 3.71. The number of aromatic nitrogens is 2. The molecule has 2 aromatic rings. The van der Waals surface area contributed by atoms with Crippen LogP contribution >= 0.6 is 11.6 Å². The molecular weight excluding hydrogens is 296 g/mol. The van der Waals surface area contributed by atoms with Gasteiger partial charge < -0.3 is 5.32 Å². The summed E-state index contributed by atoms with van der Waals surface area (Å²) >= 11 is 6.05. The smallest absolute Gasteiger partial charge is 0.137 e. The molecule has 4 rings (SSSR count).